The van der Waals surface area contributed by atoms with Crippen molar-refractivity contribution >= 4 is 22.6 Å². The maximum Gasteiger partial charge on any atom is 0.349 e. The minimum absolute atomic E-state index is 0.109. The van der Waals surface area contributed by atoms with Crippen LogP contribution in [0, 0.1) is 0 Å². The number of hydrogen-bond acceptors (Lipinski definition) is 7. The summed E-state index contributed by atoms with van der Waals surface area (Å²) in [4.78, 5) is 27.0. The molecule has 0 bridgehead atoms. The molecule has 8 nitrogen and oxygen atoms in total. The summed E-state index contributed by atoms with van der Waals surface area (Å²) in [5, 5.41) is 23.3. The van der Waals surface area contributed by atoms with Crippen molar-refractivity contribution in [3.63, 3.8) is 0 Å². The zero-order valence-electron chi connectivity index (χ0n) is 18.6. The molecule has 8 heteroatoms. The van der Waals surface area contributed by atoms with Gasteiger partial charge in [0.2, 0.25) is 0 Å². The fraction of sp³-hybridized carbons (Fsp3) is 0.333. The molecular formula is C24H28N2O6. The van der Waals surface area contributed by atoms with E-state index in [0.717, 1.165) is 5.56 Å². The Morgan fingerprint density at radius 1 is 1.19 bits per heavy atom. The van der Waals surface area contributed by atoms with Gasteiger partial charge in [-0.25, -0.2) is 4.79 Å². The molecule has 3 rings (SSSR count). The molecule has 0 fully saturated rings. The van der Waals surface area contributed by atoms with E-state index in [2.05, 4.69) is 5.32 Å². The fourth-order valence-corrected chi connectivity index (χ4v) is 3.64. The molecule has 32 heavy (non-hydrogen) atoms. The summed E-state index contributed by atoms with van der Waals surface area (Å²) < 4.78 is 10.8. The number of likely N-dealkylation sites (N-methyl/N-ethyl adjacent to an activating group) is 1. The normalized spacial score (nSPS) is 13.2. The molecule has 3 N–H and O–H groups in total. The van der Waals surface area contributed by atoms with Crippen LogP contribution in [0.1, 0.15) is 34.5 Å². The summed E-state index contributed by atoms with van der Waals surface area (Å²) in [5.41, 5.74) is 1.39. The van der Waals surface area contributed by atoms with Gasteiger partial charge in [-0.3, -0.25) is 4.79 Å². The number of fused-ring (bicyclic) bond motifs is 1. The number of carbonyl (C=O) groups is 1. The van der Waals surface area contributed by atoms with Crippen LogP contribution < -0.4 is 15.7 Å². The van der Waals surface area contributed by atoms with Gasteiger partial charge in [0, 0.05) is 16.6 Å². The lowest BCUT2D eigenvalue weighted by Crippen LogP contribution is -2.37. The summed E-state index contributed by atoms with van der Waals surface area (Å²) in [6, 6.07) is 11.2. The Morgan fingerprint density at radius 3 is 2.44 bits per heavy atom. The Morgan fingerprint density at radius 2 is 1.88 bits per heavy atom. The van der Waals surface area contributed by atoms with Crippen LogP contribution in [0.3, 0.4) is 0 Å². The number of aryl methyl sites for hydroxylation is 1. The molecular weight excluding hydrogens is 412 g/mol. The molecule has 0 unspecified atom stereocenters. The van der Waals surface area contributed by atoms with Crippen LogP contribution in [0.15, 0.2) is 51.7 Å². The molecule has 1 amide bonds. The van der Waals surface area contributed by atoms with Crippen LogP contribution in [0.2, 0.25) is 0 Å². The predicted octanol–water partition coefficient (Wildman–Crippen LogP) is 2.57. The van der Waals surface area contributed by atoms with Gasteiger partial charge in [-0.1, -0.05) is 19.1 Å². The summed E-state index contributed by atoms with van der Waals surface area (Å²) >= 11 is 0. The van der Waals surface area contributed by atoms with E-state index in [1.807, 2.05) is 6.92 Å². The Labute approximate surface area is 186 Å². The number of benzene rings is 2. The van der Waals surface area contributed by atoms with Crippen LogP contribution in [0.25, 0.3) is 11.0 Å². The number of aliphatic hydroxyl groups is 2. The molecule has 1 aromatic heterocycles. The lowest BCUT2D eigenvalue weighted by molar-refractivity contribution is 0.0390. The molecule has 0 saturated heterocycles. The first-order valence-electron chi connectivity index (χ1n) is 10.3. The van der Waals surface area contributed by atoms with Gasteiger partial charge in [-0.15, -0.1) is 0 Å². The quantitative estimate of drug-likeness (QED) is 0.462. The average molecular weight is 440 g/mol. The van der Waals surface area contributed by atoms with E-state index < -0.39 is 23.7 Å². The van der Waals surface area contributed by atoms with Crippen LogP contribution in [-0.4, -0.2) is 54.9 Å². The van der Waals surface area contributed by atoms with Crippen LogP contribution in [0.4, 0.5) is 5.69 Å². The van der Waals surface area contributed by atoms with Crippen molar-refractivity contribution in [3.8, 4) is 5.75 Å². The van der Waals surface area contributed by atoms with Crippen molar-refractivity contribution in [2.24, 2.45) is 0 Å². The van der Waals surface area contributed by atoms with Crippen LogP contribution in [0.5, 0.6) is 5.75 Å². The number of carbonyl (C=O) groups excluding carboxylic acids is 1. The zero-order chi connectivity index (χ0) is 23.4. The molecule has 0 aliphatic heterocycles. The Bertz CT molecular complexity index is 1150. The smallest absolute Gasteiger partial charge is 0.349 e. The number of aliphatic hydroxyl groups excluding tert-OH is 2. The third kappa shape index (κ3) is 4.67. The molecule has 0 spiro atoms. The van der Waals surface area contributed by atoms with Gasteiger partial charge < -0.3 is 29.6 Å². The number of amides is 1. The largest absolute Gasteiger partial charge is 0.496 e. The first kappa shape index (κ1) is 23.5. The van der Waals surface area contributed by atoms with E-state index in [9.17, 15) is 19.8 Å². The summed E-state index contributed by atoms with van der Waals surface area (Å²) in [5.74, 6) is 0.0321. The Hall–Kier alpha value is -3.20. The zero-order valence-corrected chi connectivity index (χ0v) is 18.6. The molecule has 1 heterocycles. The third-order valence-corrected chi connectivity index (χ3v) is 5.51. The topological polar surface area (TPSA) is 112 Å². The number of nitrogens with one attached hydrogen (secondary N) is 1. The highest BCUT2D eigenvalue weighted by molar-refractivity contribution is 6.05. The highest BCUT2D eigenvalue weighted by Crippen LogP contribution is 2.28. The number of anilines is 1. The van der Waals surface area contributed by atoms with Gasteiger partial charge in [-0.05, 0) is 56.4 Å². The number of methoxy groups -OCH3 is 1. The second kappa shape index (κ2) is 9.95. The van der Waals surface area contributed by atoms with Gasteiger partial charge in [0.25, 0.3) is 5.91 Å². The summed E-state index contributed by atoms with van der Waals surface area (Å²) in [7, 11) is 5.09. The Kier molecular flexibility index (Phi) is 7.29. The van der Waals surface area contributed by atoms with Gasteiger partial charge in [0.1, 0.15) is 16.9 Å². The standard InChI is InChI=1S/C24H28N2O6/c1-5-17-20(31-4)11-8-15-12-18(24(30)32-22(15)17)23(29)25-16-9-6-14(7-10-16)21(28)19(13-27)26(2)3/h6-12,19,21,27-28H,5,13H2,1-4H3,(H,25,29)/t19-,21-/m0/s1. The Balaban J connectivity index is 1.84. The average Bonchev–Trinajstić information content (AvgIpc) is 2.78. The van der Waals surface area contributed by atoms with Crippen molar-refractivity contribution in [1.82, 2.24) is 4.90 Å². The molecule has 0 saturated carbocycles. The monoisotopic (exact) mass is 440 g/mol. The summed E-state index contributed by atoms with van der Waals surface area (Å²) in [6.45, 7) is 1.73. The van der Waals surface area contributed by atoms with Gasteiger partial charge in [0.05, 0.1) is 25.9 Å². The second-order valence-electron chi connectivity index (χ2n) is 7.70. The van der Waals surface area contributed by atoms with E-state index in [0.29, 0.717) is 34.4 Å². The molecule has 2 aromatic carbocycles. The first-order chi connectivity index (χ1) is 15.3. The van der Waals surface area contributed by atoms with Gasteiger partial charge in [0.15, 0.2) is 0 Å². The van der Waals surface area contributed by atoms with Gasteiger partial charge >= 0.3 is 5.63 Å². The number of ether oxygens (including phenoxy) is 1. The molecule has 0 aliphatic carbocycles. The third-order valence-electron chi connectivity index (χ3n) is 5.51. The second-order valence-corrected chi connectivity index (χ2v) is 7.70. The maximum atomic E-state index is 12.7. The molecule has 2 atom stereocenters. The summed E-state index contributed by atoms with van der Waals surface area (Å²) in [6.07, 6.45) is -0.282. The van der Waals surface area contributed by atoms with E-state index in [4.69, 9.17) is 9.15 Å². The minimum Gasteiger partial charge on any atom is -0.496 e. The molecule has 0 aliphatic rings. The van der Waals surface area contributed by atoms with Crippen LogP contribution in [-0.2, 0) is 6.42 Å². The maximum absolute atomic E-state index is 12.7. The molecule has 3 aromatic rings. The van der Waals surface area contributed by atoms with E-state index in [-0.39, 0.29) is 12.2 Å². The molecule has 0 radical (unpaired) electrons. The highest BCUT2D eigenvalue weighted by Gasteiger charge is 2.22. The van der Waals surface area contributed by atoms with Crippen molar-refractivity contribution in [3.05, 3.63) is 69.6 Å². The van der Waals surface area contributed by atoms with Crippen molar-refractivity contribution < 1.29 is 24.2 Å². The van der Waals surface area contributed by atoms with Crippen molar-refractivity contribution in [2.45, 2.75) is 25.5 Å². The van der Waals surface area contributed by atoms with E-state index in [1.165, 1.54) is 6.07 Å². The predicted molar refractivity (Wildman–Crippen MR) is 122 cm³/mol. The SMILES string of the molecule is CCc1c(OC)ccc2cc(C(=O)Nc3ccc([C@H](O)[C@H](CO)N(C)C)cc3)c(=O)oc12. The first-order valence-corrected chi connectivity index (χ1v) is 10.3. The number of nitrogens with zero attached hydrogens (tertiary/aromatic N) is 1. The van der Waals surface area contributed by atoms with Crippen molar-refractivity contribution in [1.29, 1.82) is 0 Å². The van der Waals surface area contributed by atoms with E-state index in [1.54, 1.807) is 62.5 Å². The number of hydrogen-bond donors (Lipinski definition) is 3. The lowest BCUT2D eigenvalue weighted by Gasteiger charge is -2.27. The van der Waals surface area contributed by atoms with E-state index >= 15 is 0 Å². The highest BCUT2D eigenvalue weighted by atomic mass is 16.5. The molecule has 170 valence electrons. The van der Waals surface area contributed by atoms with Gasteiger partial charge in [-0.2, -0.15) is 0 Å². The van der Waals surface area contributed by atoms with Crippen molar-refractivity contribution in [2.75, 3.05) is 33.1 Å². The lowest BCUT2D eigenvalue weighted by atomic mass is 10.0. The van der Waals surface area contributed by atoms with Crippen LogP contribution >= 0.6 is 0 Å². The number of rotatable bonds is 8. The minimum atomic E-state index is -0.892. The fourth-order valence-electron chi connectivity index (χ4n) is 3.64.